The van der Waals surface area contributed by atoms with Crippen molar-refractivity contribution in [2.24, 2.45) is 0 Å². The first-order valence-corrected chi connectivity index (χ1v) is 11.5. The fraction of sp³-hybridized carbons (Fsp3) is 0.625. The van der Waals surface area contributed by atoms with Gasteiger partial charge in [0, 0.05) is 31.4 Å². The van der Waals surface area contributed by atoms with Crippen molar-refractivity contribution in [3.8, 4) is 0 Å². The summed E-state index contributed by atoms with van der Waals surface area (Å²) in [6, 6.07) is 7.95. The van der Waals surface area contributed by atoms with Gasteiger partial charge >= 0.3 is 8.80 Å². The van der Waals surface area contributed by atoms with E-state index in [9.17, 15) is 0 Å². The van der Waals surface area contributed by atoms with Gasteiger partial charge in [0.25, 0.3) is 0 Å². The molecule has 0 spiro atoms. The van der Waals surface area contributed by atoms with Gasteiger partial charge in [-0.1, -0.05) is 59.1 Å². The highest BCUT2D eigenvalue weighted by Gasteiger charge is 2.40. The van der Waals surface area contributed by atoms with Gasteiger partial charge in [-0.05, 0) is 32.8 Å². The summed E-state index contributed by atoms with van der Waals surface area (Å²) in [5, 5.41) is -0.192. The Kier molecular flexibility index (Phi) is 9.93. The Bertz CT molecular complexity index is 462. The highest BCUT2D eigenvalue weighted by Crippen LogP contribution is 2.39. The summed E-state index contributed by atoms with van der Waals surface area (Å²) in [4.78, 5) is 0. The summed E-state index contributed by atoms with van der Waals surface area (Å²) in [6.07, 6.45) is 0.681. The maximum Gasteiger partial charge on any atom is 0.500 e. The molecule has 1 unspecified atom stereocenters. The molecule has 3 nitrogen and oxygen atoms in total. The molecular weight excluding hydrogens is 410 g/mol. The third-order valence-electron chi connectivity index (χ3n) is 3.40. The van der Waals surface area contributed by atoms with Crippen LogP contribution < -0.4 is 0 Å². The monoisotopic (exact) mass is 432 g/mol. The second-order valence-electron chi connectivity index (χ2n) is 5.11. The molecule has 0 aliphatic rings. The topological polar surface area (TPSA) is 27.7 Å². The molecule has 0 saturated heterocycles. The van der Waals surface area contributed by atoms with Crippen LogP contribution in [0.25, 0.3) is 0 Å². The molecule has 1 atom stereocenters. The SMILES string of the molecule is CCO[Si](CCC(Cl)c1ccc(C(Cl)(Cl)Cl)cc1)(OCC)OCC. The largest absolute Gasteiger partial charge is 0.500 e. The van der Waals surface area contributed by atoms with Crippen molar-refractivity contribution in [3.63, 3.8) is 0 Å². The minimum Gasteiger partial charge on any atom is -0.374 e. The van der Waals surface area contributed by atoms with Crippen LogP contribution in [0.3, 0.4) is 0 Å². The lowest BCUT2D eigenvalue weighted by atomic mass is 10.1. The molecule has 1 aromatic rings. The standard InChI is InChI=1S/C16H24Cl4O3Si/c1-4-21-24(22-5-2,23-6-3)12-11-15(17)13-7-9-14(10-8-13)16(18,19)20/h7-10,15H,4-6,11-12H2,1-3H3. The van der Waals surface area contributed by atoms with E-state index in [0.717, 1.165) is 5.56 Å². The van der Waals surface area contributed by atoms with Crippen molar-refractivity contribution in [2.45, 2.75) is 42.4 Å². The Morgan fingerprint density at radius 3 is 1.75 bits per heavy atom. The molecule has 1 rings (SSSR count). The summed E-state index contributed by atoms with van der Waals surface area (Å²) in [5.74, 6) is 0. The summed E-state index contributed by atoms with van der Waals surface area (Å²) >= 11 is 24.1. The third kappa shape index (κ3) is 7.00. The van der Waals surface area contributed by atoms with Crippen LogP contribution in [0.2, 0.25) is 6.04 Å². The maximum absolute atomic E-state index is 6.54. The van der Waals surface area contributed by atoms with Gasteiger partial charge < -0.3 is 13.3 Å². The third-order valence-corrected chi connectivity index (χ3v) is 7.61. The smallest absolute Gasteiger partial charge is 0.374 e. The lowest BCUT2D eigenvalue weighted by Crippen LogP contribution is -2.46. The van der Waals surface area contributed by atoms with Gasteiger partial charge in [0.05, 0.1) is 5.38 Å². The first kappa shape index (κ1) is 22.5. The van der Waals surface area contributed by atoms with Crippen molar-refractivity contribution in [1.29, 1.82) is 0 Å². The Morgan fingerprint density at radius 1 is 0.917 bits per heavy atom. The van der Waals surface area contributed by atoms with Gasteiger partial charge in [0.15, 0.2) is 0 Å². The van der Waals surface area contributed by atoms with Crippen LogP contribution in [0.4, 0.5) is 0 Å². The molecule has 0 aliphatic heterocycles. The van der Waals surface area contributed by atoms with E-state index < -0.39 is 12.6 Å². The number of hydrogen-bond acceptors (Lipinski definition) is 3. The molecule has 0 fully saturated rings. The molecular formula is C16H24Cl4O3Si. The Hall–Kier alpha value is 0.477. The van der Waals surface area contributed by atoms with E-state index in [1.54, 1.807) is 12.1 Å². The Balaban J connectivity index is 2.75. The van der Waals surface area contributed by atoms with Crippen LogP contribution in [0.15, 0.2) is 24.3 Å². The van der Waals surface area contributed by atoms with E-state index >= 15 is 0 Å². The van der Waals surface area contributed by atoms with Gasteiger partial charge in [0.1, 0.15) is 0 Å². The van der Waals surface area contributed by atoms with Gasteiger partial charge in [0.2, 0.25) is 3.79 Å². The molecule has 0 amide bonds. The quantitative estimate of drug-likeness (QED) is 0.323. The van der Waals surface area contributed by atoms with E-state index in [4.69, 9.17) is 59.7 Å². The van der Waals surface area contributed by atoms with Crippen LogP contribution in [-0.4, -0.2) is 28.6 Å². The molecule has 0 radical (unpaired) electrons. The van der Waals surface area contributed by atoms with Crippen molar-refractivity contribution in [1.82, 2.24) is 0 Å². The van der Waals surface area contributed by atoms with Crippen LogP contribution in [0.1, 0.15) is 43.7 Å². The number of hydrogen-bond donors (Lipinski definition) is 0. The number of alkyl halides is 4. The van der Waals surface area contributed by atoms with Crippen LogP contribution in [0.5, 0.6) is 0 Å². The molecule has 0 saturated carbocycles. The lowest BCUT2D eigenvalue weighted by Gasteiger charge is -2.29. The van der Waals surface area contributed by atoms with E-state index in [-0.39, 0.29) is 5.38 Å². The molecule has 0 bridgehead atoms. The number of benzene rings is 1. The summed E-state index contributed by atoms with van der Waals surface area (Å²) in [5.41, 5.74) is 1.57. The first-order valence-electron chi connectivity index (χ1n) is 8.01. The second kappa shape index (κ2) is 10.6. The van der Waals surface area contributed by atoms with Crippen molar-refractivity contribution in [2.75, 3.05) is 19.8 Å². The summed E-state index contributed by atoms with van der Waals surface area (Å²) < 4.78 is 16.1. The predicted molar refractivity (Wildman–Crippen MR) is 104 cm³/mol. The molecule has 0 N–H and O–H groups in total. The van der Waals surface area contributed by atoms with E-state index in [0.29, 0.717) is 37.8 Å². The zero-order valence-corrected chi connectivity index (χ0v) is 18.2. The average molecular weight is 434 g/mol. The maximum atomic E-state index is 6.54. The Morgan fingerprint density at radius 2 is 1.38 bits per heavy atom. The Labute approximate surface area is 165 Å². The molecule has 0 heterocycles. The van der Waals surface area contributed by atoms with E-state index in [1.807, 2.05) is 32.9 Å². The van der Waals surface area contributed by atoms with Crippen molar-refractivity contribution in [3.05, 3.63) is 35.4 Å². The molecule has 1 aromatic carbocycles. The summed E-state index contributed by atoms with van der Waals surface area (Å²) in [7, 11) is -2.68. The minimum atomic E-state index is -2.68. The van der Waals surface area contributed by atoms with Gasteiger partial charge in [-0.3, -0.25) is 0 Å². The molecule has 8 heteroatoms. The second-order valence-corrected chi connectivity index (χ2v) is 10.6. The fourth-order valence-corrected chi connectivity index (χ4v) is 5.81. The summed E-state index contributed by atoms with van der Waals surface area (Å²) in [6.45, 7) is 7.47. The first-order chi connectivity index (χ1) is 11.3. The minimum absolute atomic E-state index is 0.192. The molecule has 0 aromatic heterocycles. The van der Waals surface area contributed by atoms with E-state index in [2.05, 4.69) is 0 Å². The number of rotatable bonds is 10. The highest BCUT2D eigenvalue weighted by atomic mass is 35.6. The van der Waals surface area contributed by atoms with Crippen LogP contribution >= 0.6 is 46.4 Å². The van der Waals surface area contributed by atoms with Gasteiger partial charge in [-0.15, -0.1) is 11.6 Å². The van der Waals surface area contributed by atoms with E-state index in [1.165, 1.54) is 0 Å². The van der Waals surface area contributed by atoms with Gasteiger partial charge in [-0.25, -0.2) is 0 Å². The highest BCUT2D eigenvalue weighted by molar-refractivity contribution is 6.66. The zero-order valence-electron chi connectivity index (χ0n) is 14.2. The van der Waals surface area contributed by atoms with Crippen molar-refractivity contribution >= 4 is 55.2 Å². The molecule has 24 heavy (non-hydrogen) atoms. The molecule has 138 valence electrons. The fourth-order valence-electron chi connectivity index (χ4n) is 2.35. The van der Waals surface area contributed by atoms with Crippen LogP contribution in [0, 0.1) is 0 Å². The number of halogens is 4. The van der Waals surface area contributed by atoms with Crippen molar-refractivity contribution < 1.29 is 13.3 Å². The zero-order chi connectivity index (χ0) is 18.2. The average Bonchev–Trinajstić information content (AvgIpc) is 2.53. The van der Waals surface area contributed by atoms with Gasteiger partial charge in [-0.2, -0.15) is 0 Å². The van der Waals surface area contributed by atoms with Crippen LogP contribution in [-0.2, 0) is 17.1 Å². The lowest BCUT2D eigenvalue weighted by molar-refractivity contribution is 0.0707. The predicted octanol–water partition coefficient (Wildman–Crippen LogP) is 6.23. The normalized spacial score (nSPS) is 14.0. The molecule has 0 aliphatic carbocycles.